The van der Waals surface area contributed by atoms with Crippen molar-refractivity contribution < 1.29 is 28.9 Å². The van der Waals surface area contributed by atoms with Gasteiger partial charge in [0.2, 0.25) is 0 Å². The highest BCUT2D eigenvalue weighted by Crippen LogP contribution is 2.44. The molecule has 1 N–H and O–H groups in total. The Morgan fingerprint density at radius 3 is 2.30 bits per heavy atom. The molecule has 0 aliphatic carbocycles. The van der Waals surface area contributed by atoms with Crippen LogP contribution in [-0.4, -0.2) is 37.1 Å². The van der Waals surface area contributed by atoms with E-state index in [-0.39, 0.29) is 17.4 Å². The molecular formula is C29H26N2O6. The van der Waals surface area contributed by atoms with Gasteiger partial charge in [-0.2, -0.15) is 5.26 Å². The molecule has 0 bridgehead atoms. The van der Waals surface area contributed by atoms with Crippen LogP contribution in [0, 0.1) is 11.3 Å². The molecule has 1 unspecified atom stereocenters. The van der Waals surface area contributed by atoms with E-state index in [4.69, 9.17) is 14.2 Å². The van der Waals surface area contributed by atoms with Crippen molar-refractivity contribution in [3.05, 3.63) is 89.0 Å². The Bertz CT molecular complexity index is 1420. The summed E-state index contributed by atoms with van der Waals surface area (Å²) in [7, 11) is 2.99. The molecule has 37 heavy (non-hydrogen) atoms. The van der Waals surface area contributed by atoms with Gasteiger partial charge in [-0.15, -0.1) is 0 Å². The van der Waals surface area contributed by atoms with Gasteiger partial charge in [-0.25, -0.2) is 0 Å². The molecule has 1 atom stereocenters. The average Bonchev–Trinajstić information content (AvgIpc) is 3.17. The third-order valence-corrected chi connectivity index (χ3v) is 5.92. The lowest BCUT2D eigenvalue weighted by Gasteiger charge is -2.26. The van der Waals surface area contributed by atoms with Gasteiger partial charge in [0, 0.05) is 11.3 Å². The van der Waals surface area contributed by atoms with Crippen LogP contribution in [-0.2, 0) is 9.59 Å². The Hall–Kier alpha value is -4.77. The molecule has 0 aromatic heterocycles. The number of hydrogen-bond acceptors (Lipinski definition) is 7. The van der Waals surface area contributed by atoms with E-state index < -0.39 is 17.7 Å². The van der Waals surface area contributed by atoms with Crippen LogP contribution in [0.2, 0.25) is 0 Å². The SMILES string of the molecule is COc1ccc(C2/C(=C(/O)c3cccc(OC(C)C)c3)C(=O)C(=O)N2c2ccc(C#N)cc2)cc1OC. The van der Waals surface area contributed by atoms with Gasteiger partial charge in [-0.1, -0.05) is 18.2 Å². The van der Waals surface area contributed by atoms with E-state index >= 15 is 0 Å². The zero-order valence-electron chi connectivity index (χ0n) is 20.9. The number of ether oxygens (including phenoxy) is 3. The summed E-state index contributed by atoms with van der Waals surface area (Å²) < 4.78 is 16.5. The minimum atomic E-state index is -0.970. The van der Waals surface area contributed by atoms with E-state index in [1.54, 1.807) is 66.7 Å². The zero-order chi connectivity index (χ0) is 26.7. The van der Waals surface area contributed by atoms with E-state index in [1.807, 2.05) is 19.9 Å². The van der Waals surface area contributed by atoms with Crippen molar-refractivity contribution in [1.29, 1.82) is 5.26 Å². The van der Waals surface area contributed by atoms with Crippen molar-refractivity contribution in [2.24, 2.45) is 0 Å². The number of benzene rings is 3. The summed E-state index contributed by atoms with van der Waals surface area (Å²) in [6.45, 7) is 3.76. The van der Waals surface area contributed by atoms with E-state index in [0.29, 0.717) is 39.6 Å². The van der Waals surface area contributed by atoms with E-state index in [0.717, 1.165) is 0 Å². The standard InChI is InChI=1S/C29H26N2O6/c1-17(2)37-22-7-5-6-20(14-22)27(32)25-26(19-10-13-23(35-3)24(15-19)36-4)31(29(34)28(25)33)21-11-8-18(16-30)9-12-21/h5-15,17,26,32H,1-4H3/b27-25-. The quantitative estimate of drug-likeness (QED) is 0.278. The first kappa shape index (κ1) is 25.3. The topological polar surface area (TPSA) is 109 Å². The predicted molar refractivity (Wildman–Crippen MR) is 138 cm³/mol. The number of ketones is 1. The minimum absolute atomic E-state index is 0.0803. The summed E-state index contributed by atoms with van der Waals surface area (Å²) in [6, 6.07) is 19.1. The summed E-state index contributed by atoms with van der Waals surface area (Å²) >= 11 is 0. The van der Waals surface area contributed by atoms with Gasteiger partial charge in [-0.05, 0) is 67.9 Å². The second kappa shape index (κ2) is 10.5. The van der Waals surface area contributed by atoms with E-state index in [9.17, 15) is 20.0 Å². The van der Waals surface area contributed by atoms with Gasteiger partial charge in [0.15, 0.2) is 11.5 Å². The van der Waals surface area contributed by atoms with Crippen LogP contribution >= 0.6 is 0 Å². The second-order valence-corrected chi connectivity index (χ2v) is 8.64. The average molecular weight is 499 g/mol. The largest absolute Gasteiger partial charge is 0.507 e. The third kappa shape index (κ3) is 4.84. The first-order valence-corrected chi connectivity index (χ1v) is 11.6. The zero-order valence-corrected chi connectivity index (χ0v) is 20.9. The van der Waals surface area contributed by atoms with Crippen molar-refractivity contribution in [1.82, 2.24) is 0 Å². The predicted octanol–water partition coefficient (Wildman–Crippen LogP) is 4.99. The normalized spacial score (nSPS) is 16.5. The lowest BCUT2D eigenvalue weighted by molar-refractivity contribution is -0.132. The molecule has 0 saturated carbocycles. The van der Waals surface area contributed by atoms with Gasteiger partial charge in [0.1, 0.15) is 11.5 Å². The number of aliphatic hydroxyl groups excluding tert-OH is 1. The first-order valence-electron chi connectivity index (χ1n) is 11.6. The molecule has 4 rings (SSSR count). The minimum Gasteiger partial charge on any atom is -0.507 e. The summed E-state index contributed by atoms with van der Waals surface area (Å²) in [5, 5.41) is 20.6. The van der Waals surface area contributed by atoms with Crippen LogP contribution in [0.4, 0.5) is 5.69 Å². The molecule has 1 fully saturated rings. The number of anilines is 1. The molecule has 3 aromatic rings. The van der Waals surface area contributed by atoms with Crippen molar-refractivity contribution in [2.75, 3.05) is 19.1 Å². The molecule has 1 amide bonds. The summed E-state index contributed by atoms with van der Waals surface area (Å²) in [5.41, 5.74) is 1.59. The maximum Gasteiger partial charge on any atom is 0.300 e. The summed E-state index contributed by atoms with van der Waals surface area (Å²) in [6.07, 6.45) is -0.0916. The van der Waals surface area contributed by atoms with Gasteiger partial charge >= 0.3 is 0 Å². The van der Waals surface area contributed by atoms with Crippen molar-refractivity contribution in [2.45, 2.75) is 26.0 Å². The molecule has 188 valence electrons. The number of rotatable bonds is 7. The third-order valence-electron chi connectivity index (χ3n) is 5.92. The maximum absolute atomic E-state index is 13.4. The number of carbonyl (C=O) groups excluding carboxylic acids is 2. The Kier molecular flexibility index (Phi) is 7.16. The molecule has 8 heteroatoms. The van der Waals surface area contributed by atoms with Crippen LogP contribution < -0.4 is 19.1 Å². The molecule has 0 spiro atoms. The number of hydrogen-bond donors (Lipinski definition) is 1. The highest BCUT2D eigenvalue weighted by atomic mass is 16.5. The molecule has 0 radical (unpaired) electrons. The van der Waals surface area contributed by atoms with Crippen LogP contribution in [0.3, 0.4) is 0 Å². The number of nitriles is 1. The van der Waals surface area contributed by atoms with Gasteiger partial charge in [0.25, 0.3) is 11.7 Å². The molecule has 8 nitrogen and oxygen atoms in total. The molecule has 3 aromatic carbocycles. The second-order valence-electron chi connectivity index (χ2n) is 8.64. The summed E-state index contributed by atoms with van der Waals surface area (Å²) in [4.78, 5) is 28.1. The Balaban J connectivity index is 1.93. The molecule has 1 aliphatic rings. The summed E-state index contributed by atoms with van der Waals surface area (Å²) in [5.74, 6) is -0.582. The van der Waals surface area contributed by atoms with Gasteiger partial charge < -0.3 is 19.3 Å². The lowest BCUT2D eigenvalue weighted by Crippen LogP contribution is -2.29. The van der Waals surface area contributed by atoms with Crippen LogP contribution in [0.25, 0.3) is 5.76 Å². The number of Topliss-reactive ketones (excluding diaryl/α,β-unsaturated/α-hetero) is 1. The fourth-order valence-electron chi connectivity index (χ4n) is 4.28. The molecule has 1 aliphatic heterocycles. The number of aliphatic hydroxyl groups is 1. The van der Waals surface area contributed by atoms with Gasteiger partial charge in [-0.3, -0.25) is 14.5 Å². The smallest absolute Gasteiger partial charge is 0.300 e. The molecule has 1 heterocycles. The number of methoxy groups -OCH3 is 2. The van der Waals surface area contributed by atoms with Gasteiger partial charge in [0.05, 0.1) is 43.6 Å². The molecular weight excluding hydrogens is 472 g/mol. The van der Waals surface area contributed by atoms with Crippen LogP contribution in [0.5, 0.6) is 17.2 Å². The fourth-order valence-corrected chi connectivity index (χ4v) is 4.28. The lowest BCUT2D eigenvalue weighted by atomic mass is 9.94. The van der Waals surface area contributed by atoms with E-state index in [1.165, 1.54) is 19.1 Å². The van der Waals surface area contributed by atoms with Crippen LogP contribution in [0.1, 0.15) is 36.6 Å². The highest BCUT2D eigenvalue weighted by Gasteiger charge is 2.47. The Morgan fingerprint density at radius 1 is 0.973 bits per heavy atom. The van der Waals surface area contributed by atoms with Crippen molar-refractivity contribution in [3.8, 4) is 23.3 Å². The van der Waals surface area contributed by atoms with Crippen LogP contribution in [0.15, 0.2) is 72.3 Å². The first-order chi connectivity index (χ1) is 17.8. The number of amides is 1. The maximum atomic E-state index is 13.4. The monoisotopic (exact) mass is 498 g/mol. The molecule has 1 saturated heterocycles. The Labute approximate surface area is 214 Å². The van der Waals surface area contributed by atoms with E-state index in [2.05, 4.69) is 0 Å². The Morgan fingerprint density at radius 2 is 1.68 bits per heavy atom. The fraction of sp³-hybridized carbons (Fsp3) is 0.207. The highest BCUT2D eigenvalue weighted by molar-refractivity contribution is 6.51. The van der Waals surface area contributed by atoms with Crippen molar-refractivity contribution in [3.63, 3.8) is 0 Å². The van der Waals surface area contributed by atoms with Crippen molar-refractivity contribution >= 4 is 23.1 Å². The number of carbonyl (C=O) groups is 2. The number of nitrogens with zero attached hydrogens (tertiary/aromatic N) is 2.